The van der Waals surface area contributed by atoms with Crippen LogP contribution in [0.4, 0.5) is 4.79 Å². The SMILES string of the molecule is CC(C)(C)OC(=O)NCC(=O)N1CCC(CNC(=O)c2ccc(Br)cc2)CC1. The maximum Gasteiger partial charge on any atom is 0.408 e. The van der Waals surface area contributed by atoms with Crippen LogP contribution in [0, 0.1) is 5.92 Å². The Kier molecular flexibility index (Phi) is 7.86. The minimum Gasteiger partial charge on any atom is -0.444 e. The first-order valence-electron chi connectivity index (χ1n) is 9.42. The molecule has 0 spiro atoms. The number of hydrogen-bond acceptors (Lipinski definition) is 4. The van der Waals surface area contributed by atoms with Gasteiger partial charge in [0.2, 0.25) is 5.91 Å². The standard InChI is InChI=1S/C20H28BrN3O4/c1-20(2,3)28-19(27)23-13-17(25)24-10-8-14(9-11-24)12-22-18(26)15-4-6-16(21)7-5-15/h4-7,14H,8-13H2,1-3H3,(H,22,26)(H,23,27). The Labute approximate surface area is 174 Å². The van der Waals surface area contributed by atoms with E-state index in [0.29, 0.717) is 31.1 Å². The first-order chi connectivity index (χ1) is 13.1. The van der Waals surface area contributed by atoms with Gasteiger partial charge in [0, 0.05) is 29.7 Å². The van der Waals surface area contributed by atoms with Crippen molar-refractivity contribution in [2.24, 2.45) is 5.92 Å². The van der Waals surface area contributed by atoms with Crippen LogP contribution in [0.3, 0.4) is 0 Å². The third-order valence-electron chi connectivity index (χ3n) is 4.41. The molecular formula is C20H28BrN3O4. The number of nitrogens with one attached hydrogen (secondary N) is 2. The molecule has 1 aromatic rings. The number of likely N-dealkylation sites (tertiary alicyclic amines) is 1. The molecule has 8 heteroatoms. The fraction of sp³-hybridized carbons (Fsp3) is 0.550. The van der Waals surface area contributed by atoms with Gasteiger partial charge in [0.1, 0.15) is 12.1 Å². The molecule has 28 heavy (non-hydrogen) atoms. The van der Waals surface area contributed by atoms with Crippen molar-refractivity contribution < 1.29 is 19.1 Å². The van der Waals surface area contributed by atoms with Gasteiger partial charge in [-0.05, 0) is 63.8 Å². The Balaban J connectivity index is 1.67. The zero-order valence-electron chi connectivity index (χ0n) is 16.6. The molecule has 1 aromatic carbocycles. The summed E-state index contributed by atoms with van der Waals surface area (Å²) in [6.45, 7) is 7.08. The topological polar surface area (TPSA) is 87.7 Å². The van der Waals surface area contributed by atoms with Gasteiger partial charge in [0.05, 0.1) is 0 Å². The summed E-state index contributed by atoms with van der Waals surface area (Å²) in [5.41, 5.74) is 0.0376. The van der Waals surface area contributed by atoms with Crippen LogP contribution in [-0.4, -0.2) is 54.6 Å². The van der Waals surface area contributed by atoms with Crippen LogP contribution in [-0.2, 0) is 9.53 Å². The van der Waals surface area contributed by atoms with Gasteiger partial charge in [0.15, 0.2) is 0 Å². The molecule has 0 bridgehead atoms. The van der Waals surface area contributed by atoms with Crippen LogP contribution in [0.1, 0.15) is 44.0 Å². The highest BCUT2D eigenvalue weighted by atomic mass is 79.9. The van der Waals surface area contributed by atoms with E-state index >= 15 is 0 Å². The molecular weight excluding hydrogens is 426 g/mol. The lowest BCUT2D eigenvalue weighted by molar-refractivity contribution is -0.131. The summed E-state index contributed by atoms with van der Waals surface area (Å²) in [5, 5.41) is 5.46. The molecule has 0 aliphatic carbocycles. The molecule has 1 heterocycles. The van der Waals surface area contributed by atoms with E-state index in [1.807, 2.05) is 12.1 Å². The van der Waals surface area contributed by atoms with Crippen molar-refractivity contribution in [3.63, 3.8) is 0 Å². The Morgan fingerprint density at radius 2 is 1.71 bits per heavy atom. The predicted octanol–water partition coefficient (Wildman–Crippen LogP) is 2.94. The average Bonchev–Trinajstić information content (AvgIpc) is 2.64. The molecule has 2 rings (SSSR count). The largest absolute Gasteiger partial charge is 0.444 e. The van der Waals surface area contributed by atoms with E-state index in [1.54, 1.807) is 37.8 Å². The smallest absolute Gasteiger partial charge is 0.408 e. The normalized spacial score (nSPS) is 15.1. The molecule has 0 aromatic heterocycles. The van der Waals surface area contributed by atoms with E-state index in [1.165, 1.54) is 0 Å². The third-order valence-corrected chi connectivity index (χ3v) is 4.94. The second-order valence-corrected chi connectivity index (χ2v) is 8.81. The highest BCUT2D eigenvalue weighted by molar-refractivity contribution is 9.10. The molecule has 7 nitrogen and oxygen atoms in total. The fourth-order valence-corrected chi connectivity index (χ4v) is 3.16. The van der Waals surface area contributed by atoms with Gasteiger partial charge in [0.25, 0.3) is 5.91 Å². The maximum atomic E-state index is 12.2. The van der Waals surface area contributed by atoms with Gasteiger partial charge in [-0.15, -0.1) is 0 Å². The van der Waals surface area contributed by atoms with Gasteiger partial charge in [-0.2, -0.15) is 0 Å². The molecule has 2 N–H and O–H groups in total. The zero-order valence-corrected chi connectivity index (χ0v) is 18.2. The lowest BCUT2D eigenvalue weighted by atomic mass is 9.96. The molecule has 1 saturated heterocycles. The number of nitrogens with zero attached hydrogens (tertiary/aromatic N) is 1. The summed E-state index contributed by atoms with van der Waals surface area (Å²) < 4.78 is 6.06. The second kappa shape index (κ2) is 9.91. The van der Waals surface area contributed by atoms with E-state index in [0.717, 1.165) is 17.3 Å². The number of alkyl carbamates (subject to hydrolysis) is 1. The predicted molar refractivity (Wildman–Crippen MR) is 110 cm³/mol. The molecule has 0 unspecified atom stereocenters. The summed E-state index contributed by atoms with van der Waals surface area (Å²) in [7, 11) is 0. The molecule has 0 atom stereocenters. The summed E-state index contributed by atoms with van der Waals surface area (Å²) >= 11 is 3.35. The van der Waals surface area contributed by atoms with Crippen LogP contribution in [0.2, 0.25) is 0 Å². The minimum atomic E-state index is -0.591. The first-order valence-corrected chi connectivity index (χ1v) is 10.2. The van der Waals surface area contributed by atoms with Crippen LogP contribution in [0.5, 0.6) is 0 Å². The van der Waals surface area contributed by atoms with Gasteiger partial charge in [-0.1, -0.05) is 15.9 Å². The lowest BCUT2D eigenvalue weighted by Gasteiger charge is -2.32. The van der Waals surface area contributed by atoms with Crippen molar-refractivity contribution in [3.05, 3.63) is 34.3 Å². The summed E-state index contributed by atoms with van der Waals surface area (Å²) in [5.74, 6) is 0.123. The molecule has 1 aliphatic rings. The number of amides is 3. The van der Waals surface area contributed by atoms with E-state index in [-0.39, 0.29) is 18.4 Å². The summed E-state index contributed by atoms with van der Waals surface area (Å²) in [6, 6.07) is 7.23. The van der Waals surface area contributed by atoms with Gasteiger partial charge < -0.3 is 20.3 Å². The van der Waals surface area contributed by atoms with Gasteiger partial charge in [-0.25, -0.2) is 4.79 Å². The van der Waals surface area contributed by atoms with Crippen LogP contribution in [0.15, 0.2) is 28.7 Å². The highest BCUT2D eigenvalue weighted by Crippen LogP contribution is 2.17. The lowest BCUT2D eigenvalue weighted by Crippen LogP contribution is -2.46. The second-order valence-electron chi connectivity index (χ2n) is 7.90. The monoisotopic (exact) mass is 453 g/mol. The first kappa shape index (κ1) is 22.2. The molecule has 1 aliphatic heterocycles. The Morgan fingerprint density at radius 3 is 2.29 bits per heavy atom. The zero-order chi connectivity index (χ0) is 20.7. The van der Waals surface area contributed by atoms with Crippen LogP contribution >= 0.6 is 15.9 Å². The number of carbonyl (C=O) groups excluding carboxylic acids is 3. The van der Waals surface area contributed by atoms with Crippen molar-refractivity contribution in [2.45, 2.75) is 39.2 Å². The molecule has 1 fully saturated rings. The number of piperidine rings is 1. The number of rotatable bonds is 5. The fourth-order valence-electron chi connectivity index (χ4n) is 2.90. The molecule has 3 amide bonds. The van der Waals surface area contributed by atoms with E-state index in [4.69, 9.17) is 4.74 Å². The molecule has 0 radical (unpaired) electrons. The van der Waals surface area contributed by atoms with Gasteiger partial charge >= 0.3 is 6.09 Å². The van der Waals surface area contributed by atoms with E-state index in [9.17, 15) is 14.4 Å². The maximum absolute atomic E-state index is 12.2. The minimum absolute atomic E-state index is 0.0696. The quantitative estimate of drug-likeness (QED) is 0.716. The van der Waals surface area contributed by atoms with Crippen molar-refractivity contribution in [3.8, 4) is 0 Å². The highest BCUT2D eigenvalue weighted by Gasteiger charge is 2.24. The van der Waals surface area contributed by atoms with Crippen LogP contribution < -0.4 is 10.6 Å². The average molecular weight is 454 g/mol. The number of hydrogen-bond donors (Lipinski definition) is 2. The Morgan fingerprint density at radius 1 is 1.11 bits per heavy atom. The number of benzene rings is 1. The van der Waals surface area contributed by atoms with Crippen molar-refractivity contribution >= 4 is 33.8 Å². The number of halogens is 1. The Bertz CT molecular complexity index is 692. The summed E-state index contributed by atoms with van der Waals surface area (Å²) in [4.78, 5) is 37.8. The van der Waals surface area contributed by atoms with E-state index < -0.39 is 11.7 Å². The van der Waals surface area contributed by atoms with Crippen molar-refractivity contribution in [1.82, 2.24) is 15.5 Å². The summed E-state index contributed by atoms with van der Waals surface area (Å²) in [6.07, 6.45) is 1.05. The van der Waals surface area contributed by atoms with Crippen LogP contribution in [0.25, 0.3) is 0 Å². The molecule has 154 valence electrons. The number of ether oxygens (including phenoxy) is 1. The van der Waals surface area contributed by atoms with Crippen molar-refractivity contribution in [1.29, 1.82) is 0 Å². The Hall–Kier alpha value is -2.09. The van der Waals surface area contributed by atoms with E-state index in [2.05, 4.69) is 26.6 Å². The number of carbonyl (C=O) groups is 3. The third kappa shape index (κ3) is 7.50. The van der Waals surface area contributed by atoms with Crippen molar-refractivity contribution in [2.75, 3.05) is 26.2 Å². The van der Waals surface area contributed by atoms with Gasteiger partial charge in [-0.3, -0.25) is 9.59 Å². The molecule has 0 saturated carbocycles.